The van der Waals surface area contributed by atoms with Crippen LogP contribution in [0, 0.1) is 32.3 Å². The molecule has 1 aliphatic heterocycles. The zero-order valence-electron chi connectivity index (χ0n) is 12.7. The van der Waals surface area contributed by atoms with Crippen LogP contribution >= 0.6 is 38.5 Å². The maximum atomic E-state index is 9.56. The van der Waals surface area contributed by atoms with Crippen molar-refractivity contribution in [3.05, 3.63) is 56.0 Å². The van der Waals surface area contributed by atoms with E-state index in [2.05, 4.69) is 33.2 Å². The van der Waals surface area contributed by atoms with E-state index in [1.54, 1.807) is 17.2 Å². The largest absolute Gasteiger partial charge is 0.450 e. The molecule has 1 aliphatic rings. The Morgan fingerprint density at radius 2 is 2.08 bits per heavy atom. The third kappa shape index (κ3) is 3.47. The first-order valence-electron chi connectivity index (χ1n) is 7.20. The van der Waals surface area contributed by atoms with E-state index in [1.807, 2.05) is 52.9 Å². The van der Waals surface area contributed by atoms with Gasteiger partial charge in [0.25, 0.3) is 0 Å². The summed E-state index contributed by atoms with van der Waals surface area (Å²) >= 11 is 5.40. The summed E-state index contributed by atoms with van der Waals surface area (Å²) < 4.78 is 7.01. The Balaban J connectivity index is 2.03. The highest BCUT2D eigenvalue weighted by atomic mass is 127. The van der Waals surface area contributed by atoms with Gasteiger partial charge in [0.1, 0.15) is 23.9 Å². The van der Waals surface area contributed by atoms with Crippen LogP contribution in [-0.4, -0.2) is 11.9 Å². The number of allylic oxidation sites excluding steroid dienone is 1. The van der Waals surface area contributed by atoms with Crippen molar-refractivity contribution in [2.75, 3.05) is 5.01 Å². The van der Waals surface area contributed by atoms with Crippen molar-refractivity contribution in [1.82, 2.24) is 0 Å². The molecule has 3 rings (SSSR count). The molecular weight excluding hydrogens is 497 g/mol. The number of nitrogens with zero attached hydrogens (tertiary/aromatic N) is 4. The Kier molecular flexibility index (Phi) is 5.23. The van der Waals surface area contributed by atoms with E-state index in [4.69, 9.17) is 10.2 Å². The van der Waals surface area contributed by atoms with Gasteiger partial charge in [0.05, 0.1) is 27.5 Å². The van der Waals surface area contributed by atoms with Gasteiger partial charge in [-0.2, -0.15) is 15.6 Å². The number of rotatable bonds is 3. The maximum Gasteiger partial charge on any atom is 0.178 e. The number of hydrazone groups is 1. The fourth-order valence-corrected chi connectivity index (χ4v) is 3.17. The summed E-state index contributed by atoms with van der Waals surface area (Å²) in [7, 11) is 0. The van der Waals surface area contributed by atoms with Gasteiger partial charge in [-0.25, -0.2) is 5.01 Å². The SMILES string of the molecule is N#C/C(=C/c1cc(Br)c(I)o1)C1=NN(c2ccccc2)[C@@H](N)[C@@H]1C#N. The minimum absolute atomic E-state index is 0.248. The van der Waals surface area contributed by atoms with Crippen LogP contribution in [0.4, 0.5) is 5.69 Å². The first kappa shape index (κ1) is 17.7. The highest BCUT2D eigenvalue weighted by Crippen LogP contribution is 2.30. The van der Waals surface area contributed by atoms with Crippen LogP contribution in [0.3, 0.4) is 0 Å². The number of hydrogen-bond acceptors (Lipinski definition) is 6. The summed E-state index contributed by atoms with van der Waals surface area (Å²) in [6.07, 6.45) is 0.903. The highest BCUT2D eigenvalue weighted by Gasteiger charge is 2.37. The molecule has 0 radical (unpaired) electrons. The minimum atomic E-state index is -0.719. The lowest BCUT2D eigenvalue weighted by Gasteiger charge is -2.21. The molecule has 0 fully saturated rings. The first-order chi connectivity index (χ1) is 12.0. The zero-order chi connectivity index (χ0) is 18.0. The Hall–Kier alpha value is -2.14. The second kappa shape index (κ2) is 7.40. The fourth-order valence-electron chi connectivity index (χ4n) is 2.46. The quantitative estimate of drug-likeness (QED) is 0.502. The Labute approximate surface area is 166 Å². The Morgan fingerprint density at radius 3 is 2.64 bits per heavy atom. The molecule has 2 aromatic rings. The van der Waals surface area contributed by atoms with Crippen LogP contribution in [0.1, 0.15) is 5.76 Å². The van der Waals surface area contributed by atoms with E-state index in [1.165, 1.54) is 0 Å². The van der Waals surface area contributed by atoms with Gasteiger partial charge < -0.3 is 10.2 Å². The summed E-state index contributed by atoms with van der Waals surface area (Å²) in [5, 5.41) is 25.1. The van der Waals surface area contributed by atoms with Gasteiger partial charge in [-0.15, -0.1) is 0 Å². The number of halogens is 2. The van der Waals surface area contributed by atoms with E-state index in [0.29, 0.717) is 15.2 Å². The van der Waals surface area contributed by atoms with Gasteiger partial charge in [-0.1, -0.05) is 18.2 Å². The monoisotopic (exact) mass is 507 g/mol. The molecule has 0 saturated carbocycles. The standard InChI is InChI=1S/C17H11BrIN5O/c18-14-7-12(25-16(14)19)6-10(8-20)15-13(9-21)17(22)24(23-15)11-4-2-1-3-5-11/h1-7,13,17H,22H2/b10-6-/t13-,17-/m1/s1. The molecule has 0 bridgehead atoms. The molecule has 0 spiro atoms. The lowest BCUT2D eigenvalue weighted by Crippen LogP contribution is -2.40. The molecule has 0 aliphatic carbocycles. The van der Waals surface area contributed by atoms with Crippen molar-refractivity contribution in [2.45, 2.75) is 6.17 Å². The van der Waals surface area contributed by atoms with Crippen molar-refractivity contribution < 1.29 is 4.42 Å². The Bertz CT molecular complexity index is 919. The van der Waals surface area contributed by atoms with Gasteiger partial charge >= 0.3 is 0 Å². The number of furan rings is 1. The van der Waals surface area contributed by atoms with Crippen LogP contribution < -0.4 is 10.7 Å². The molecule has 2 atom stereocenters. The fraction of sp³-hybridized carbons (Fsp3) is 0.118. The van der Waals surface area contributed by atoms with Crippen LogP contribution in [0.25, 0.3) is 6.08 Å². The summed E-state index contributed by atoms with van der Waals surface area (Å²) in [5.41, 5.74) is 7.54. The third-order valence-electron chi connectivity index (χ3n) is 3.64. The van der Waals surface area contributed by atoms with Crippen LogP contribution in [0.2, 0.25) is 0 Å². The second-order valence-electron chi connectivity index (χ2n) is 5.20. The molecule has 6 nitrogen and oxygen atoms in total. The van der Waals surface area contributed by atoms with E-state index in [9.17, 15) is 10.5 Å². The molecule has 124 valence electrons. The zero-order valence-corrected chi connectivity index (χ0v) is 16.5. The molecule has 0 amide bonds. The average molecular weight is 508 g/mol. The van der Waals surface area contributed by atoms with Crippen molar-refractivity contribution >= 4 is 56.0 Å². The smallest absolute Gasteiger partial charge is 0.178 e. The van der Waals surface area contributed by atoms with E-state index in [0.717, 1.165) is 10.2 Å². The van der Waals surface area contributed by atoms with Gasteiger partial charge in [-0.05, 0) is 34.1 Å². The highest BCUT2D eigenvalue weighted by molar-refractivity contribution is 14.1. The topological polar surface area (TPSA) is 102 Å². The van der Waals surface area contributed by atoms with E-state index >= 15 is 0 Å². The van der Waals surface area contributed by atoms with Crippen LogP contribution in [0.15, 0.2) is 56.0 Å². The summed E-state index contributed by atoms with van der Waals surface area (Å²) in [6, 6.07) is 15.3. The summed E-state index contributed by atoms with van der Waals surface area (Å²) in [6.45, 7) is 0. The molecule has 25 heavy (non-hydrogen) atoms. The van der Waals surface area contributed by atoms with E-state index < -0.39 is 12.1 Å². The van der Waals surface area contributed by atoms with Crippen molar-refractivity contribution in [1.29, 1.82) is 10.5 Å². The van der Waals surface area contributed by atoms with Gasteiger partial charge in [0.2, 0.25) is 0 Å². The molecule has 2 N–H and O–H groups in total. The second-order valence-corrected chi connectivity index (χ2v) is 7.04. The minimum Gasteiger partial charge on any atom is -0.450 e. The molecule has 1 aromatic heterocycles. The third-order valence-corrected chi connectivity index (χ3v) is 5.77. The predicted molar refractivity (Wildman–Crippen MR) is 106 cm³/mol. The molecular formula is C17H11BrIN5O. The number of anilines is 1. The van der Waals surface area contributed by atoms with Crippen molar-refractivity contribution in [3.8, 4) is 12.1 Å². The number of hydrogen-bond donors (Lipinski definition) is 1. The van der Waals surface area contributed by atoms with Gasteiger partial charge in [0, 0.05) is 28.7 Å². The maximum absolute atomic E-state index is 9.56. The van der Waals surface area contributed by atoms with Crippen LogP contribution in [-0.2, 0) is 0 Å². The number of para-hydroxylation sites is 1. The molecule has 8 heteroatoms. The molecule has 0 unspecified atom stereocenters. The van der Waals surface area contributed by atoms with Gasteiger partial charge in [0.15, 0.2) is 3.77 Å². The number of benzene rings is 1. The number of nitrogens with two attached hydrogens (primary N) is 1. The predicted octanol–water partition coefficient (Wildman–Crippen LogP) is 3.85. The lowest BCUT2D eigenvalue weighted by atomic mass is 9.96. The normalized spacial score (nSPS) is 20.1. The summed E-state index contributed by atoms with van der Waals surface area (Å²) in [4.78, 5) is 0. The molecule has 1 aromatic carbocycles. The molecule has 0 saturated heterocycles. The Morgan fingerprint density at radius 1 is 1.36 bits per heavy atom. The van der Waals surface area contributed by atoms with Gasteiger partial charge in [-0.3, -0.25) is 0 Å². The van der Waals surface area contributed by atoms with Crippen molar-refractivity contribution in [3.63, 3.8) is 0 Å². The van der Waals surface area contributed by atoms with Crippen LogP contribution in [0.5, 0.6) is 0 Å². The molecule has 2 heterocycles. The average Bonchev–Trinajstić information content (AvgIpc) is 3.12. The van der Waals surface area contributed by atoms with E-state index in [-0.39, 0.29) is 5.57 Å². The van der Waals surface area contributed by atoms with Crippen molar-refractivity contribution in [2.24, 2.45) is 16.8 Å². The summed E-state index contributed by atoms with van der Waals surface area (Å²) in [5.74, 6) is -0.220. The first-order valence-corrected chi connectivity index (χ1v) is 9.07. The number of nitriles is 2. The lowest BCUT2D eigenvalue weighted by molar-refractivity contribution is 0.526.